The first-order valence-electron chi connectivity index (χ1n) is 7.87. The lowest BCUT2D eigenvalue weighted by Gasteiger charge is -2.13. The molecule has 0 spiro atoms. The smallest absolute Gasteiger partial charge is 0.354 e. The SMILES string of the molecule is CC(C)C(=O)n1cc(Cl)c2c(N)c(F)c(-c3cccc(C(=O)O)n3)c(F)c21. The number of pyridine rings is 1. The van der Waals surface area contributed by atoms with E-state index in [0.717, 1.165) is 4.57 Å². The summed E-state index contributed by atoms with van der Waals surface area (Å²) < 4.78 is 31.2. The van der Waals surface area contributed by atoms with Gasteiger partial charge in [-0.15, -0.1) is 0 Å². The number of anilines is 1. The van der Waals surface area contributed by atoms with Crippen molar-refractivity contribution in [1.82, 2.24) is 9.55 Å². The van der Waals surface area contributed by atoms with Gasteiger partial charge >= 0.3 is 5.97 Å². The third-order valence-electron chi connectivity index (χ3n) is 4.07. The number of fused-ring (bicyclic) bond motifs is 1. The van der Waals surface area contributed by atoms with E-state index in [1.165, 1.54) is 24.4 Å². The van der Waals surface area contributed by atoms with Gasteiger partial charge in [-0.3, -0.25) is 9.36 Å². The van der Waals surface area contributed by atoms with Gasteiger partial charge in [-0.2, -0.15) is 0 Å². The maximum Gasteiger partial charge on any atom is 0.354 e. The van der Waals surface area contributed by atoms with Crippen molar-refractivity contribution in [2.45, 2.75) is 13.8 Å². The second-order valence-corrected chi connectivity index (χ2v) is 6.60. The number of nitrogen functional groups attached to an aromatic ring is 1. The van der Waals surface area contributed by atoms with E-state index in [0.29, 0.717) is 0 Å². The Morgan fingerprint density at radius 3 is 2.52 bits per heavy atom. The maximum absolute atomic E-state index is 15.3. The van der Waals surface area contributed by atoms with Crippen LogP contribution in [0.2, 0.25) is 5.02 Å². The van der Waals surface area contributed by atoms with E-state index in [4.69, 9.17) is 22.4 Å². The van der Waals surface area contributed by atoms with Gasteiger partial charge in [0.1, 0.15) is 5.69 Å². The summed E-state index contributed by atoms with van der Waals surface area (Å²) in [5.74, 6) is -4.54. The van der Waals surface area contributed by atoms with Crippen molar-refractivity contribution >= 4 is 40.1 Å². The van der Waals surface area contributed by atoms with Crippen molar-refractivity contribution in [3.8, 4) is 11.3 Å². The Hall–Kier alpha value is -3.00. The minimum absolute atomic E-state index is 0.0758. The standard InChI is InChI=1S/C18H14ClF2N3O3/c1-7(2)17(25)24-6-8(19)11-15(22)13(20)12(14(21)16(11)24)9-4-3-5-10(23-9)18(26)27/h3-7H,22H2,1-2H3,(H,26,27). The second kappa shape index (κ2) is 6.62. The van der Waals surface area contributed by atoms with Crippen LogP contribution in [0.25, 0.3) is 22.2 Å². The molecule has 0 saturated heterocycles. The summed E-state index contributed by atoms with van der Waals surface area (Å²) >= 11 is 6.06. The first-order chi connectivity index (χ1) is 12.6. The summed E-state index contributed by atoms with van der Waals surface area (Å²) in [6.45, 7) is 3.23. The molecule has 0 radical (unpaired) electrons. The number of carbonyl (C=O) groups is 2. The lowest BCUT2D eigenvalue weighted by molar-refractivity contribution is 0.0690. The minimum atomic E-state index is -1.35. The molecule has 0 atom stereocenters. The highest BCUT2D eigenvalue weighted by atomic mass is 35.5. The van der Waals surface area contributed by atoms with E-state index in [2.05, 4.69) is 4.98 Å². The summed E-state index contributed by atoms with van der Waals surface area (Å²) in [5.41, 5.74) is 3.80. The number of aromatic carboxylic acids is 1. The highest BCUT2D eigenvalue weighted by Crippen LogP contribution is 2.40. The summed E-state index contributed by atoms with van der Waals surface area (Å²) in [7, 11) is 0. The number of rotatable bonds is 3. The fraction of sp³-hybridized carbons (Fsp3) is 0.167. The van der Waals surface area contributed by atoms with Gasteiger partial charge in [0.05, 0.1) is 27.5 Å². The molecule has 0 aliphatic heterocycles. The molecule has 0 aliphatic rings. The van der Waals surface area contributed by atoms with E-state index in [1.54, 1.807) is 13.8 Å². The predicted molar refractivity (Wildman–Crippen MR) is 96.9 cm³/mol. The molecule has 2 aromatic heterocycles. The summed E-state index contributed by atoms with van der Waals surface area (Å²) in [5, 5.41) is 8.86. The minimum Gasteiger partial charge on any atom is -0.477 e. The van der Waals surface area contributed by atoms with Crippen LogP contribution in [0.15, 0.2) is 24.4 Å². The molecule has 27 heavy (non-hydrogen) atoms. The molecule has 6 nitrogen and oxygen atoms in total. The van der Waals surface area contributed by atoms with E-state index in [1.807, 2.05) is 0 Å². The van der Waals surface area contributed by atoms with Gasteiger partial charge in [0.2, 0.25) is 5.91 Å². The van der Waals surface area contributed by atoms with Crippen LogP contribution in [-0.2, 0) is 0 Å². The molecule has 0 bridgehead atoms. The number of carbonyl (C=O) groups excluding carboxylic acids is 1. The Morgan fingerprint density at radius 1 is 1.26 bits per heavy atom. The quantitative estimate of drug-likeness (QED) is 0.649. The molecule has 2 heterocycles. The van der Waals surface area contributed by atoms with Gasteiger partial charge in [0, 0.05) is 17.5 Å². The van der Waals surface area contributed by atoms with Crippen LogP contribution in [0.5, 0.6) is 0 Å². The molecule has 0 fully saturated rings. The summed E-state index contributed by atoms with van der Waals surface area (Å²) in [6, 6.07) is 3.74. The number of nitrogens with two attached hydrogens (primary N) is 1. The average molecular weight is 394 g/mol. The lowest BCUT2D eigenvalue weighted by atomic mass is 10.0. The van der Waals surface area contributed by atoms with Gasteiger partial charge in [-0.25, -0.2) is 18.6 Å². The Labute approximate surface area is 157 Å². The van der Waals surface area contributed by atoms with Crippen LogP contribution in [0.4, 0.5) is 14.5 Å². The fourth-order valence-corrected chi connectivity index (χ4v) is 3.07. The van der Waals surface area contributed by atoms with E-state index < -0.39 is 46.4 Å². The van der Waals surface area contributed by atoms with Gasteiger partial charge in [-0.1, -0.05) is 31.5 Å². The Kier molecular flexibility index (Phi) is 4.61. The highest BCUT2D eigenvalue weighted by Gasteiger charge is 2.28. The van der Waals surface area contributed by atoms with Crippen molar-refractivity contribution in [2.75, 3.05) is 5.73 Å². The molecule has 3 N–H and O–H groups in total. The molecule has 3 aromatic rings. The highest BCUT2D eigenvalue weighted by molar-refractivity contribution is 6.37. The molecule has 0 aliphatic carbocycles. The van der Waals surface area contributed by atoms with Gasteiger partial charge in [-0.05, 0) is 12.1 Å². The van der Waals surface area contributed by atoms with Crippen LogP contribution in [-0.4, -0.2) is 26.5 Å². The normalized spacial score (nSPS) is 11.3. The number of halogens is 3. The number of benzene rings is 1. The molecule has 140 valence electrons. The summed E-state index contributed by atoms with van der Waals surface area (Å²) in [6.07, 6.45) is 1.18. The first-order valence-corrected chi connectivity index (χ1v) is 8.24. The zero-order valence-corrected chi connectivity index (χ0v) is 15.0. The predicted octanol–water partition coefficient (Wildman–Crippen LogP) is 4.21. The number of hydrogen-bond acceptors (Lipinski definition) is 4. The van der Waals surface area contributed by atoms with Crippen LogP contribution in [0, 0.1) is 17.6 Å². The van der Waals surface area contributed by atoms with Crippen LogP contribution < -0.4 is 5.73 Å². The first kappa shape index (κ1) is 18.8. The Morgan fingerprint density at radius 2 is 1.93 bits per heavy atom. The van der Waals surface area contributed by atoms with Gasteiger partial charge < -0.3 is 10.8 Å². The van der Waals surface area contributed by atoms with Crippen molar-refractivity contribution in [1.29, 1.82) is 0 Å². The fourth-order valence-electron chi connectivity index (χ4n) is 2.78. The number of aromatic nitrogens is 2. The molecule has 1 aromatic carbocycles. The largest absolute Gasteiger partial charge is 0.477 e. The van der Waals surface area contributed by atoms with Crippen LogP contribution in [0.1, 0.15) is 29.1 Å². The van der Waals surface area contributed by atoms with E-state index in [9.17, 15) is 14.0 Å². The van der Waals surface area contributed by atoms with Gasteiger partial charge in [0.25, 0.3) is 0 Å². The second-order valence-electron chi connectivity index (χ2n) is 6.19. The summed E-state index contributed by atoms with van der Waals surface area (Å²) in [4.78, 5) is 27.3. The molecule has 9 heteroatoms. The van der Waals surface area contributed by atoms with Gasteiger partial charge in [0.15, 0.2) is 11.6 Å². The van der Waals surface area contributed by atoms with Crippen LogP contribution >= 0.6 is 11.6 Å². The van der Waals surface area contributed by atoms with Crippen molar-refractivity contribution in [3.63, 3.8) is 0 Å². The third-order valence-corrected chi connectivity index (χ3v) is 4.35. The van der Waals surface area contributed by atoms with Crippen molar-refractivity contribution in [2.24, 2.45) is 5.92 Å². The Balaban J connectivity index is 2.42. The van der Waals surface area contributed by atoms with Crippen LogP contribution in [0.3, 0.4) is 0 Å². The topological polar surface area (TPSA) is 98.2 Å². The van der Waals surface area contributed by atoms with E-state index in [-0.39, 0.29) is 21.6 Å². The number of hydrogen-bond donors (Lipinski definition) is 2. The number of carboxylic acid groups (broad SMARTS) is 1. The maximum atomic E-state index is 15.3. The zero-order valence-electron chi connectivity index (χ0n) is 14.3. The number of carboxylic acids is 1. The van der Waals surface area contributed by atoms with Crippen molar-refractivity contribution in [3.05, 3.63) is 46.7 Å². The monoisotopic (exact) mass is 393 g/mol. The molecular formula is C18H14ClF2N3O3. The van der Waals surface area contributed by atoms with Crippen molar-refractivity contribution < 1.29 is 23.5 Å². The lowest BCUT2D eigenvalue weighted by Crippen LogP contribution is -2.17. The molecule has 0 amide bonds. The molecule has 0 saturated carbocycles. The molecular weight excluding hydrogens is 380 g/mol. The average Bonchev–Trinajstić information content (AvgIpc) is 2.97. The zero-order chi connectivity index (χ0) is 20.0. The van der Waals surface area contributed by atoms with E-state index >= 15 is 4.39 Å². The molecule has 0 unspecified atom stereocenters. The number of nitrogens with zero attached hydrogens (tertiary/aromatic N) is 2. The third kappa shape index (κ3) is 2.91. The Bertz CT molecular complexity index is 1110. The molecule has 3 rings (SSSR count).